The van der Waals surface area contributed by atoms with Gasteiger partial charge in [-0.2, -0.15) is 13.2 Å². The zero-order valence-electron chi connectivity index (χ0n) is 19.2. The van der Waals surface area contributed by atoms with Crippen molar-refractivity contribution in [2.45, 2.75) is 25.2 Å². The fourth-order valence-corrected chi connectivity index (χ4v) is 4.18. The monoisotopic (exact) mass is 519 g/mol. The van der Waals surface area contributed by atoms with Crippen LogP contribution in [0.5, 0.6) is 5.75 Å². The highest BCUT2D eigenvalue weighted by Crippen LogP contribution is 2.44. The van der Waals surface area contributed by atoms with Gasteiger partial charge >= 0.3 is 18.3 Å². The van der Waals surface area contributed by atoms with Crippen molar-refractivity contribution in [3.8, 4) is 5.75 Å². The maximum atomic E-state index is 14.3. The molecular weight excluding hydrogens is 498 g/mol. The van der Waals surface area contributed by atoms with Gasteiger partial charge in [0.25, 0.3) is 0 Å². The molecule has 1 N–H and O–H groups in total. The van der Waals surface area contributed by atoms with Gasteiger partial charge in [0.2, 0.25) is 0 Å². The molecular formula is C26H21F4NO6. The van der Waals surface area contributed by atoms with Gasteiger partial charge in [0.1, 0.15) is 24.2 Å². The van der Waals surface area contributed by atoms with Crippen LogP contribution in [0.1, 0.15) is 33.9 Å². The van der Waals surface area contributed by atoms with E-state index in [0.29, 0.717) is 5.56 Å². The van der Waals surface area contributed by atoms with E-state index < -0.39 is 42.3 Å². The summed E-state index contributed by atoms with van der Waals surface area (Å²) in [4.78, 5) is 29.0. The van der Waals surface area contributed by atoms with Crippen molar-refractivity contribution in [1.82, 2.24) is 5.06 Å². The zero-order valence-corrected chi connectivity index (χ0v) is 19.2. The summed E-state index contributed by atoms with van der Waals surface area (Å²) in [5, 5.41) is 10.1. The van der Waals surface area contributed by atoms with Crippen molar-refractivity contribution in [2.75, 3.05) is 13.2 Å². The minimum atomic E-state index is -4.65. The number of carboxylic acids is 1. The van der Waals surface area contributed by atoms with Crippen molar-refractivity contribution in [2.24, 2.45) is 0 Å². The summed E-state index contributed by atoms with van der Waals surface area (Å²) < 4.78 is 66.1. The molecule has 3 aromatic rings. The Bertz CT molecular complexity index is 1280. The molecule has 0 aliphatic carbocycles. The molecule has 1 aliphatic rings. The van der Waals surface area contributed by atoms with Gasteiger partial charge in [-0.05, 0) is 47.4 Å². The third-order valence-electron chi connectivity index (χ3n) is 5.69. The molecule has 1 aliphatic heterocycles. The van der Waals surface area contributed by atoms with Gasteiger partial charge in [0.15, 0.2) is 6.61 Å². The van der Waals surface area contributed by atoms with Crippen LogP contribution in [0.25, 0.3) is 0 Å². The molecule has 194 valence electrons. The number of carboxylic acid groups (broad SMARTS) is 1. The average Bonchev–Trinajstić information content (AvgIpc) is 2.86. The fraction of sp³-hybridized carbons (Fsp3) is 0.231. The average molecular weight is 519 g/mol. The number of hydrogen-bond acceptors (Lipinski definition) is 6. The van der Waals surface area contributed by atoms with Crippen molar-refractivity contribution in [1.29, 1.82) is 0 Å². The molecule has 0 saturated carbocycles. The smallest absolute Gasteiger partial charge is 0.482 e. The maximum absolute atomic E-state index is 14.3. The summed E-state index contributed by atoms with van der Waals surface area (Å²) >= 11 is 0. The summed E-state index contributed by atoms with van der Waals surface area (Å²) in [5.74, 6) is -2.15. The number of carbonyl (C=O) groups excluding carboxylic acids is 1. The summed E-state index contributed by atoms with van der Waals surface area (Å²) in [6.07, 6.45) is -5.90. The summed E-state index contributed by atoms with van der Waals surface area (Å²) in [6, 6.07) is 14.2. The Balaban J connectivity index is 1.72. The van der Waals surface area contributed by atoms with E-state index in [2.05, 4.69) is 0 Å². The number of halogens is 4. The van der Waals surface area contributed by atoms with Crippen LogP contribution in [-0.2, 0) is 33.6 Å². The van der Waals surface area contributed by atoms with Crippen LogP contribution >= 0.6 is 0 Å². The molecule has 37 heavy (non-hydrogen) atoms. The SMILES string of the molecule is O=C(O)COc1ccc(F)cc1C1c2cccc(C(F)(F)F)c2CCN1OC(=O)OCc1ccccc1. The van der Waals surface area contributed by atoms with Crippen LogP contribution < -0.4 is 4.74 Å². The molecule has 4 rings (SSSR count). The fourth-order valence-electron chi connectivity index (χ4n) is 4.18. The maximum Gasteiger partial charge on any atom is 0.528 e. The minimum absolute atomic E-state index is 0.0163. The highest BCUT2D eigenvalue weighted by atomic mass is 19.4. The third kappa shape index (κ3) is 6.18. The first-order chi connectivity index (χ1) is 17.6. The van der Waals surface area contributed by atoms with Crippen LogP contribution in [0.3, 0.4) is 0 Å². The minimum Gasteiger partial charge on any atom is -0.482 e. The lowest BCUT2D eigenvalue weighted by molar-refractivity contribution is -0.156. The second kappa shape index (κ2) is 10.9. The molecule has 1 heterocycles. The molecule has 0 radical (unpaired) electrons. The third-order valence-corrected chi connectivity index (χ3v) is 5.69. The van der Waals surface area contributed by atoms with Crippen molar-refractivity contribution >= 4 is 12.1 Å². The van der Waals surface area contributed by atoms with Crippen molar-refractivity contribution in [3.63, 3.8) is 0 Å². The number of fused-ring (bicyclic) bond motifs is 1. The van der Waals surface area contributed by atoms with E-state index in [1.165, 1.54) is 18.2 Å². The Kier molecular flexibility index (Phi) is 7.63. The quantitative estimate of drug-likeness (QED) is 0.325. The number of alkyl halides is 3. The number of benzene rings is 3. The Labute approximate surface area is 208 Å². The van der Waals surface area contributed by atoms with Crippen LogP contribution in [0.2, 0.25) is 0 Å². The number of carbonyl (C=O) groups is 2. The molecule has 0 spiro atoms. The number of nitrogens with zero attached hydrogens (tertiary/aromatic N) is 1. The summed E-state index contributed by atoms with van der Waals surface area (Å²) in [7, 11) is 0. The van der Waals surface area contributed by atoms with E-state index in [0.717, 1.165) is 23.3 Å². The molecule has 0 aromatic heterocycles. The van der Waals surface area contributed by atoms with Gasteiger partial charge in [-0.1, -0.05) is 42.5 Å². The lowest BCUT2D eigenvalue weighted by Gasteiger charge is -2.37. The normalized spacial score (nSPS) is 15.5. The number of hydrogen-bond donors (Lipinski definition) is 1. The molecule has 0 amide bonds. The molecule has 3 aromatic carbocycles. The highest BCUT2D eigenvalue weighted by molar-refractivity contribution is 5.68. The van der Waals surface area contributed by atoms with Gasteiger partial charge < -0.3 is 19.4 Å². The van der Waals surface area contributed by atoms with Crippen LogP contribution in [0, 0.1) is 5.82 Å². The molecule has 0 fully saturated rings. The lowest BCUT2D eigenvalue weighted by atomic mass is 9.86. The van der Waals surface area contributed by atoms with E-state index in [1.54, 1.807) is 30.3 Å². The van der Waals surface area contributed by atoms with Crippen LogP contribution in [0.15, 0.2) is 66.7 Å². The molecule has 0 saturated heterocycles. The lowest BCUT2D eigenvalue weighted by Crippen LogP contribution is -2.39. The Morgan fingerprint density at radius 3 is 2.46 bits per heavy atom. The second-order valence-corrected chi connectivity index (χ2v) is 8.14. The molecule has 1 atom stereocenters. The first-order valence-corrected chi connectivity index (χ1v) is 11.1. The van der Waals surface area contributed by atoms with Gasteiger partial charge in [-0.15, -0.1) is 5.06 Å². The van der Waals surface area contributed by atoms with E-state index in [1.807, 2.05) is 0 Å². The van der Waals surface area contributed by atoms with Gasteiger partial charge in [0.05, 0.1) is 5.56 Å². The van der Waals surface area contributed by atoms with Crippen molar-refractivity contribution in [3.05, 3.63) is 100 Å². The first kappa shape index (κ1) is 26.0. The van der Waals surface area contributed by atoms with Gasteiger partial charge in [-0.25, -0.2) is 14.0 Å². The van der Waals surface area contributed by atoms with Crippen LogP contribution in [-0.4, -0.2) is 35.4 Å². The molecule has 0 bridgehead atoms. The second-order valence-electron chi connectivity index (χ2n) is 8.14. The molecule has 7 nitrogen and oxygen atoms in total. The topological polar surface area (TPSA) is 85.3 Å². The number of hydroxylamine groups is 2. The summed E-state index contributed by atoms with van der Waals surface area (Å²) in [5.41, 5.74) is -0.152. The Hall–Kier alpha value is -4.12. The van der Waals surface area contributed by atoms with Gasteiger partial charge in [-0.3, -0.25) is 0 Å². The molecule has 1 unspecified atom stereocenters. The Morgan fingerprint density at radius 2 is 1.76 bits per heavy atom. The zero-order chi connectivity index (χ0) is 26.6. The number of aliphatic carboxylic acids is 1. The predicted molar refractivity (Wildman–Crippen MR) is 121 cm³/mol. The van der Waals surface area contributed by atoms with Crippen molar-refractivity contribution < 1.29 is 46.6 Å². The van der Waals surface area contributed by atoms with E-state index in [4.69, 9.17) is 19.4 Å². The number of rotatable bonds is 7. The highest BCUT2D eigenvalue weighted by Gasteiger charge is 2.40. The van der Waals surface area contributed by atoms with Crippen LogP contribution in [0.4, 0.5) is 22.4 Å². The largest absolute Gasteiger partial charge is 0.528 e. The first-order valence-electron chi connectivity index (χ1n) is 11.1. The molecule has 11 heteroatoms. The van der Waals surface area contributed by atoms with E-state index in [-0.39, 0.29) is 42.0 Å². The summed E-state index contributed by atoms with van der Waals surface area (Å²) in [6.45, 7) is -1.07. The van der Waals surface area contributed by atoms with Gasteiger partial charge in [0, 0.05) is 12.1 Å². The standard InChI is InChI=1S/C26H21F4NO6/c27-17-9-10-22(35-15-23(32)33)20(13-17)24-19-7-4-8-21(26(28,29)30)18(19)11-12-31(24)37-25(34)36-14-16-5-2-1-3-6-16/h1-10,13,24H,11-12,14-15H2,(H,32,33). The number of ether oxygens (including phenoxy) is 2. The Morgan fingerprint density at radius 1 is 1.00 bits per heavy atom. The predicted octanol–water partition coefficient (Wildman–Crippen LogP) is 5.52. The van der Waals surface area contributed by atoms with E-state index in [9.17, 15) is 27.2 Å². The van der Waals surface area contributed by atoms with E-state index >= 15 is 0 Å².